The molecule has 0 aliphatic heterocycles. The topological polar surface area (TPSA) is 83.1 Å². The maximum atomic E-state index is 12.3. The van der Waals surface area contributed by atoms with Gasteiger partial charge in [-0.05, 0) is 26.2 Å². The van der Waals surface area contributed by atoms with Crippen LogP contribution in [0.5, 0.6) is 0 Å². The van der Waals surface area contributed by atoms with Crippen LogP contribution in [0.25, 0.3) is 0 Å². The largest absolute Gasteiger partial charge is 0.357 e. The van der Waals surface area contributed by atoms with Gasteiger partial charge in [-0.1, -0.05) is 26.2 Å². The number of carbonyl (C=O) groups excluding carboxylic acids is 2. The SMILES string of the molecule is CCc1nc(C)sc1CNC(=O)NC1(C(=O)NC)CCCCC1. The summed E-state index contributed by atoms with van der Waals surface area (Å²) in [7, 11) is 1.62. The van der Waals surface area contributed by atoms with Crippen molar-refractivity contribution in [3.63, 3.8) is 0 Å². The van der Waals surface area contributed by atoms with E-state index in [9.17, 15) is 9.59 Å². The number of hydrogen-bond donors (Lipinski definition) is 3. The maximum Gasteiger partial charge on any atom is 0.315 e. The molecule has 0 aromatic carbocycles. The van der Waals surface area contributed by atoms with Crippen LogP contribution >= 0.6 is 11.3 Å². The molecule has 0 atom stereocenters. The predicted molar refractivity (Wildman–Crippen MR) is 91.5 cm³/mol. The summed E-state index contributed by atoms with van der Waals surface area (Å²) < 4.78 is 0. The zero-order valence-electron chi connectivity index (χ0n) is 14.1. The maximum absolute atomic E-state index is 12.3. The van der Waals surface area contributed by atoms with Crippen LogP contribution in [0.3, 0.4) is 0 Å². The van der Waals surface area contributed by atoms with Crippen LogP contribution in [-0.2, 0) is 17.8 Å². The average molecular weight is 338 g/mol. The molecule has 0 radical (unpaired) electrons. The van der Waals surface area contributed by atoms with E-state index in [0.29, 0.717) is 19.4 Å². The minimum absolute atomic E-state index is 0.102. The molecule has 6 nitrogen and oxygen atoms in total. The Morgan fingerprint density at radius 3 is 2.57 bits per heavy atom. The van der Waals surface area contributed by atoms with E-state index in [1.54, 1.807) is 18.4 Å². The van der Waals surface area contributed by atoms with E-state index in [1.165, 1.54) is 0 Å². The quantitative estimate of drug-likeness (QED) is 0.770. The fourth-order valence-electron chi connectivity index (χ4n) is 3.15. The first-order valence-electron chi connectivity index (χ1n) is 8.24. The van der Waals surface area contributed by atoms with Gasteiger partial charge in [0.25, 0.3) is 0 Å². The van der Waals surface area contributed by atoms with Gasteiger partial charge in [0.1, 0.15) is 5.54 Å². The summed E-state index contributed by atoms with van der Waals surface area (Å²) in [5, 5.41) is 9.49. The second-order valence-corrected chi connectivity index (χ2v) is 7.27. The molecule has 0 bridgehead atoms. The van der Waals surface area contributed by atoms with E-state index >= 15 is 0 Å². The van der Waals surface area contributed by atoms with E-state index < -0.39 is 5.54 Å². The van der Waals surface area contributed by atoms with E-state index in [-0.39, 0.29) is 11.9 Å². The molecular formula is C16H26N4O2S. The Bertz CT molecular complexity index is 564. The fraction of sp³-hybridized carbons (Fsp3) is 0.688. The summed E-state index contributed by atoms with van der Waals surface area (Å²) in [6.07, 6.45) is 5.27. The van der Waals surface area contributed by atoms with Gasteiger partial charge in [0.05, 0.1) is 17.2 Å². The molecule has 1 aromatic rings. The Kier molecular flexibility index (Phi) is 5.98. The predicted octanol–water partition coefficient (Wildman–Crippen LogP) is 2.26. The monoisotopic (exact) mass is 338 g/mol. The summed E-state index contributed by atoms with van der Waals surface area (Å²) in [5.41, 5.74) is 0.264. The third-order valence-corrected chi connectivity index (χ3v) is 5.36. The second-order valence-electron chi connectivity index (χ2n) is 5.99. The van der Waals surface area contributed by atoms with E-state index in [2.05, 4.69) is 27.9 Å². The highest BCUT2D eigenvalue weighted by molar-refractivity contribution is 7.11. The molecule has 1 aliphatic rings. The molecule has 3 amide bonds. The van der Waals surface area contributed by atoms with Crippen molar-refractivity contribution >= 4 is 23.3 Å². The zero-order valence-corrected chi connectivity index (χ0v) is 14.9. The molecule has 0 spiro atoms. The molecule has 1 heterocycles. The first-order chi connectivity index (χ1) is 11.0. The van der Waals surface area contributed by atoms with Crippen LogP contribution < -0.4 is 16.0 Å². The van der Waals surface area contributed by atoms with Crippen LogP contribution in [0, 0.1) is 6.92 Å². The highest BCUT2D eigenvalue weighted by Gasteiger charge is 2.40. The molecule has 1 aliphatic carbocycles. The van der Waals surface area contributed by atoms with Gasteiger partial charge in [0.15, 0.2) is 0 Å². The van der Waals surface area contributed by atoms with Crippen LogP contribution in [0.2, 0.25) is 0 Å². The van der Waals surface area contributed by atoms with Crippen molar-refractivity contribution < 1.29 is 9.59 Å². The highest BCUT2D eigenvalue weighted by Crippen LogP contribution is 2.28. The molecule has 128 valence electrons. The normalized spacial score (nSPS) is 16.7. The van der Waals surface area contributed by atoms with Crippen molar-refractivity contribution in [3.05, 3.63) is 15.6 Å². The van der Waals surface area contributed by atoms with E-state index in [1.807, 2.05) is 6.92 Å². The van der Waals surface area contributed by atoms with Gasteiger partial charge in [-0.3, -0.25) is 4.79 Å². The lowest BCUT2D eigenvalue weighted by Crippen LogP contribution is -2.60. The molecule has 23 heavy (non-hydrogen) atoms. The molecule has 7 heteroatoms. The number of amides is 3. The Morgan fingerprint density at radius 1 is 1.26 bits per heavy atom. The molecule has 1 saturated carbocycles. The van der Waals surface area contributed by atoms with Gasteiger partial charge in [-0.25, -0.2) is 9.78 Å². The molecule has 1 aromatic heterocycles. The number of carbonyl (C=O) groups is 2. The van der Waals surface area contributed by atoms with Crippen LogP contribution in [0.15, 0.2) is 0 Å². The third-order valence-electron chi connectivity index (χ3n) is 4.35. The Labute approximate surface area is 141 Å². The van der Waals surface area contributed by atoms with E-state index in [0.717, 1.165) is 41.3 Å². The van der Waals surface area contributed by atoms with E-state index in [4.69, 9.17) is 0 Å². The summed E-state index contributed by atoms with van der Waals surface area (Å²) >= 11 is 1.60. The van der Waals surface area contributed by atoms with Crippen molar-refractivity contribution in [2.45, 2.75) is 64.5 Å². The minimum Gasteiger partial charge on any atom is -0.357 e. The van der Waals surface area contributed by atoms with Gasteiger partial charge in [0.2, 0.25) is 5.91 Å². The number of nitrogens with one attached hydrogen (secondary N) is 3. The molecule has 0 saturated heterocycles. The van der Waals surface area contributed by atoms with Crippen molar-refractivity contribution in [2.75, 3.05) is 7.05 Å². The lowest BCUT2D eigenvalue weighted by Gasteiger charge is -2.36. The molecule has 2 rings (SSSR count). The lowest BCUT2D eigenvalue weighted by atomic mass is 9.81. The van der Waals surface area contributed by atoms with Gasteiger partial charge >= 0.3 is 6.03 Å². The minimum atomic E-state index is -0.770. The number of aryl methyl sites for hydroxylation is 2. The Hall–Kier alpha value is -1.63. The second kappa shape index (κ2) is 7.77. The number of nitrogens with zero attached hydrogens (tertiary/aromatic N) is 1. The Morgan fingerprint density at radius 2 is 1.96 bits per heavy atom. The number of likely N-dealkylation sites (N-methyl/N-ethyl adjacent to an activating group) is 1. The zero-order chi connectivity index (χ0) is 16.9. The fourth-order valence-corrected chi connectivity index (χ4v) is 4.12. The average Bonchev–Trinajstić information content (AvgIpc) is 2.93. The number of urea groups is 1. The summed E-state index contributed by atoms with van der Waals surface area (Å²) in [5.74, 6) is -0.102. The molecule has 1 fully saturated rings. The lowest BCUT2D eigenvalue weighted by molar-refractivity contribution is -0.128. The molecule has 3 N–H and O–H groups in total. The summed E-state index contributed by atoms with van der Waals surface area (Å²) in [4.78, 5) is 30.1. The van der Waals surface area contributed by atoms with Crippen molar-refractivity contribution in [1.82, 2.24) is 20.9 Å². The van der Waals surface area contributed by atoms with Crippen molar-refractivity contribution in [2.24, 2.45) is 0 Å². The molecule has 0 unspecified atom stereocenters. The summed E-state index contributed by atoms with van der Waals surface area (Å²) in [6.45, 7) is 4.47. The van der Waals surface area contributed by atoms with Crippen LogP contribution in [0.1, 0.15) is 54.6 Å². The Balaban J connectivity index is 1.98. The number of hydrogen-bond acceptors (Lipinski definition) is 4. The standard InChI is InChI=1S/C16H26N4O2S/c1-4-12-13(23-11(2)19-12)10-18-15(22)20-16(14(21)17-3)8-6-5-7-9-16/h4-10H2,1-3H3,(H,17,21)(H2,18,20,22). The summed E-state index contributed by atoms with van der Waals surface area (Å²) in [6, 6.07) is -0.288. The first kappa shape index (κ1) is 17.7. The van der Waals surface area contributed by atoms with Gasteiger partial charge < -0.3 is 16.0 Å². The first-order valence-corrected chi connectivity index (χ1v) is 9.06. The van der Waals surface area contributed by atoms with Crippen molar-refractivity contribution in [3.8, 4) is 0 Å². The molecular weight excluding hydrogens is 312 g/mol. The van der Waals surface area contributed by atoms with Gasteiger partial charge in [-0.15, -0.1) is 11.3 Å². The number of rotatable bonds is 5. The number of thiazole rings is 1. The smallest absolute Gasteiger partial charge is 0.315 e. The third kappa shape index (κ3) is 4.22. The van der Waals surface area contributed by atoms with Gasteiger partial charge in [0, 0.05) is 11.9 Å². The van der Waals surface area contributed by atoms with Gasteiger partial charge in [-0.2, -0.15) is 0 Å². The van der Waals surface area contributed by atoms with Crippen LogP contribution in [0.4, 0.5) is 4.79 Å². The van der Waals surface area contributed by atoms with Crippen molar-refractivity contribution in [1.29, 1.82) is 0 Å². The number of aromatic nitrogens is 1. The van der Waals surface area contributed by atoms with Crippen LogP contribution in [-0.4, -0.2) is 29.5 Å². The highest BCUT2D eigenvalue weighted by atomic mass is 32.1.